The number of fused-ring (bicyclic) bond motifs is 1. The molecule has 4 heteroatoms. The summed E-state index contributed by atoms with van der Waals surface area (Å²) in [7, 11) is 1.63. The Balaban J connectivity index is 2.22. The van der Waals surface area contributed by atoms with Gasteiger partial charge in [-0.15, -0.1) is 11.3 Å². The van der Waals surface area contributed by atoms with Gasteiger partial charge in [0.2, 0.25) is 5.78 Å². The Labute approximate surface area is 131 Å². The molecule has 1 aromatic heterocycles. The molecule has 2 aromatic carbocycles. The number of carbonyl (C=O) groups is 1. The summed E-state index contributed by atoms with van der Waals surface area (Å²) in [6.07, 6.45) is 0. The Kier molecular flexibility index (Phi) is 3.70. The van der Waals surface area contributed by atoms with Gasteiger partial charge in [0.15, 0.2) is 0 Å². The van der Waals surface area contributed by atoms with Crippen LogP contribution in [0.1, 0.15) is 20.8 Å². The van der Waals surface area contributed by atoms with Gasteiger partial charge in [-0.25, -0.2) is 0 Å². The van der Waals surface area contributed by atoms with Crippen LogP contribution in [0.2, 0.25) is 5.02 Å². The molecule has 0 fully saturated rings. The van der Waals surface area contributed by atoms with E-state index in [-0.39, 0.29) is 5.78 Å². The van der Waals surface area contributed by atoms with Crippen LogP contribution < -0.4 is 4.74 Å². The van der Waals surface area contributed by atoms with Crippen molar-refractivity contribution in [3.8, 4) is 5.75 Å². The number of thiophene rings is 1. The average molecular weight is 317 g/mol. The van der Waals surface area contributed by atoms with Crippen molar-refractivity contribution in [3.63, 3.8) is 0 Å². The van der Waals surface area contributed by atoms with Gasteiger partial charge in [0.1, 0.15) is 5.75 Å². The fourth-order valence-electron chi connectivity index (χ4n) is 2.35. The van der Waals surface area contributed by atoms with Gasteiger partial charge < -0.3 is 4.74 Å². The van der Waals surface area contributed by atoms with E-state index in [1.54, 1.807) is 13.2 Å². The van der Waals surface area contributed by atoms with Crippen molar-refractivity contribution in [1.82, 2.24) is 0 Å². The second-order valence-corrected chi connectivity index (χ2v) is 6.01. The Hall–Kier alpha value is -1.84. The minimum Gasteiger partial charge on any atom is -0.496 e. The maximum absolute atomic E-state index is 12.8. The average Bonchev–Trinajstić information content (AvgIpc) is 2.85. The predicted octanol–water partition coefficient (Wildman–Crippen LogP) is 5.10. The molecule has 3 rings (SSSR count). The van der Waals surface area contributed by atoms with Crippen molar-refractivity contribution >= 4 is 39.5 Å². The van der Waals surface area contributed by atoms with Crippen molar-refractivity contribution in [2.24, 2.45) is 0 Å². The van der Waals surface area contributed by atoms with Crippen LogP contribution in [0.15, 0.2) is 41.8 Å². The van der Waals surface area contributed by atoms with E-state index in [0.717, 1.165) is 22.1 Å². The number of halogens is 1. The first-order chi connectivity index (χ1) is 10.1. The van der Waals surface area contributed by atoms with Crippen molar-refractivity contribution < 1.29 is 9.53 Å². The number of ether oxygens (including phenoxy) is 1. The third-order valence-electron chi connectivity index (χ3n) is 3.45. The fourth-order valence-corrected chi connectivity index (χ4v) is 3.59. The van der Waals surface area contributed by atoms with Gasteiger partial charge in [0.25, 0.3) is 0 Å². The lowest BCUT2D eigenvalue weighted by atomic mass is 9.99. The molecule has 0 atom stereocenters. The number of aryl methyl sites for hydroxylation is 1. The lowest BCUT2D eigenvalue weighted by molar-refractivity contribution is 0.104. The zero-order valence-electron chi connectivity index (χ0n) is 11.6. The molecular weight excluding hydrogens is 304 g/mol. The molecule has 0 aliphatic carbocycles. The van der Waals surface area contributed by atoms with Crippen LogP contribution in [-0.4, -0.2) is 12.9 Å². The van der Waals surface area contributed by atoms with E-state index < -0.39 is 0 Å². The van der Waals surface area contributed by atoms with E-state index in [1.807, 2.05) is 42.6 Å². The summed E-state index contributed by atoms with van der Waals surface area (Å²) in [6, 6.07) is 11.4. The van der Waals surface area contributed by atoms with Crippen LogP contribution in [0.5, 0.6) is 5.75 Å². The van der Waals surface area contributed by atoms with E-state index in [1.165, 1.54) is 11.3 Å². The smallest absolute Gasteiger partial charge is 0.205 e. The normalized spacial score (nSPS) is 10.8. The van der Waals surface area contributed by atoms with Crippen LogP contribution in [0.4, 0.5) is 0 Å². The summed E-state index contributed by atoms with van der Waals surface area (Å²) in [6.45, 7) is 1.90. The highest BCUT2D eigenvalue weighted by Crippen LogP contribution is 2.33. The van der Waals surface area contributed by atoms with Crippen LogP contribution >= 0.6 is 22.9 Å². The maximum atomic E-state index is 12.8. The first-order valence-electron chi connectivity index (χ1n) is 6.47. The molecule has 0 spiro atoms. The SMILES string of the molecule is COc1ccc(C(=O)c2scc(C)c2Cl)c2ccccc12. The molecule has 106 valence electrons. The van der Waals surface area contributed by atoms with Crippen molar-refractivity contribution in [2.45, 2.75) is 6.92 Å². The highest BCUT2D eigenvalue weighted by Gasteiger charge is 2.19. The quantitative estimate of drug-likeness (QED) is 0.628. The molecule has 0 bridgehead atoms. The van der Waals surface area contributed by atoms with E-state index >= 15 is 0 Å². The van der Waals surface area contributed by atoms with Gasteiger partial charge >= 0.3 is 0 Å². The molecule has 0 unspecified atom stereocenters. The molecule has 0 N–H and O–H groups in total. The number of carbonyl (C=O) groups excluding carboxylic acids is 1. The fraction of sp³-hybridized carbons (Fsp3) is 0.118. The molecule has 0 saturated carbocycles. The Morgan fingerprint density at radius 2 is 1.86 bits per heavy atom. The molecule has 0 aliphatic rings. The van der Waals surface area contributed by atoms with E-state index in [2.05, 4.69) is 0 Å². The van der Waals surface area contributed by atoms with E-state index in [9.17, 15) is 4.79 Å². The zero-order valence-corrected chi connectivity index (χ0v) is 13.2. The summed E-state index contributed by atoms with van der Waals surface area (Å²) in [5, 5.41) is 4.26. The maximum Gasteiger partial charge on any atom is 0.205 e. The molecule has 21 heavy (non-hydrogen) atoms. The van der Waals surface area contributed by atoms with Crippen molar-refractivity contribution in [2.75, 3.05) is 7.11 Å². The van der Waals surface area contributed by atoms with Crippen LogP contribution in [0.25, 0.3) is 10.8 Å². The largest absolute Gasteiger partial charge is 0.496 e. The second kappa shape index (κ2) is 5.51. The molecule has 0 saturated heterocycles. The first-order valence-corrected chi connectivity index (χ1v) is 7.73. The van der Waals surface area contributed by atoms with E-state index in [4.69, 9.17) is 16.3 Å². The molecule has 0 radical (unpaired) electrons. The lowest BCUT2D eigenvalue weighted by Gasteiger charge is -2.09. The number of methoxy groups -OCH3 is 1. The molecule has 2 nitrogen and oxygen atoms in total. The number of hydrogen-bond donors (Lipinski definition) is 0. The van der Waals surface area contributed by atoms with Crippen LogP contribution in [-0.2, 0) is 0 Å². The van der Waals surface area contributed by atoms with Gasteiger partial charge in [-0.05, 0) is 35.4 Å². The predicted molar refractivity (Wildman–Crippen MR) is 88.0 cm³/mol. The summed E-state index contributed by atoms with van der Waals surface area (Å²) >= 11 is 7.61. The number of benzene rings is 2. The Bertz CT molecular complexity index is 836. The summed E-state index contributed by atoms with van der Waals surface area (Å²) < 4.78 is 5.36. The molecule has 1 heterocycles. The standard InChI is InChI=1S/C17H13ClO2S/c1-10-9-21-17(15(10)18)16(19)13-7-8-14(20-2)12-6-4-3-5-11(12)13/h3-9H,1-2H3. The van der Waals surface area contributed by atoms with Crippen LogP contribution in [0, 0.1) is 6.92 Å². The van der Waals surface area contributed by atoms with Gasteiger partial charge in [-0.3, -0.25) is 4.79 Å². The second-order valence-electron chi connectivity index (χ2n) is 4.75. The monoisotopic (exact) mass is 316 g/mol. The molecule has 0 aliphatic heterocycles. The van der Waals surface area contributed by atoms with Gasteiger partial charge in [0, 0.05) is 10.9 Å². The topological polar surface area (TPSA) is 26.3 Å². The highest BCUT2D eigenvalue weighted by molar-refractivity contribution is 7.13. The summed E-state index contributed by atoms with van der Waals surface area (Å²) in [4.78, 5) is 13.4. The van der Waals surface area contributed by atoms with Crippen molar-refractivity contribution in [1.29, 1.82) is 0 Å². The number of ketones is 1. The van der Waals surface area contributed by atoms with Crippen LogP contribution in [0.3, 0.4) is 0 Å². The minimum atomic E-state index is -0.0445. The first kappa shape index (κ1) is 14.1. The molecular formula is C17H13ClO2S. The molecule has 0 amide bonds. The number of hydrogen-bond acceptors (Lipinski definition) is 3. The van der Waals surface area contributed by atoms with Gasteiger partial charge in [0.05, 0.1) is 17.0 Å². The number of rotatable bonds is 3. The third kappa shape index (κ3) is 2.33. The Morgan fingerprint density at radius 1 is 1.14 bits per heavy atom. The zero-order chi connectivity index (χ0) is 15.0. The summed E-state index contributed by atoms with van der Waals surface area (Å²) in [5.74, 6) is 0.715. The third-order valence-corrected chi connectivity index (χ3v) is 5.15. The Morgan fingerprint density at radius 3 is 2.48 bits per heavy atom. The molecule has 3 aromatic rings. The minimum absolute atomic E-state index is 0.0445. The summed E-state index contributed by atoms with van der Waals surface area (Å²) in [5.41, 5.74) is 1.58. The van der Waals surface area contributed by atoms with Gasteiger partial charge in [-0.1, -0.05) is 35.9 Å². The highest BCUT2D eigenvalue weighted by atomic mass is 35.5. The van der Waals surface area contributed by atoms with Crippen molar-refractivity contribution in [3.05, 3.63) is 62.8 Å². The van der Waals surface area contributed by atoms with Gasteiger partial charge in [-0.2, -0.15) is 0 Å². The van der Waals surface area contributed by atoms with E-state index in [0.29, 0.717) is 15.5 Å². The lowest BCUT2D eigenvalue weighted by Crippen LogP contribution is -2.01.